The van der Waals surface area contributed by atoms with E-state index in [1.165, 1.54) is 0 Å². The fourth-order valence-corrected chi connectivity index (χ4v) is 0.556. The highest BCUT2D eigenvalue weighted by atomic mass is 19.4. The molecule has 0 aromatic heterocycles. The Morgan fingerprint density at radius 1 is 1.00 bits per heavy atom. The summed E-state index contributed by atoms with van der Waals surface area (Å²) in [5.41, 5.74) is 0. The quantitative estimate of drug-likeness (QED) is 0.445. The first-order valence-electron chi connectivity index (χ1n) is 3.83. The van der Waals surface area contributed by atoms with Crippen LogP contribution in [0.4, 0.5) is 30.7 Å². The fraction of sp³-hybridized carbons (Fsp3) is 0.714. The molecule has 0 aromatic carbocycles. The molecule has 0 unspecified atom stereocenters. The largest absolute Gasteiger partial charge is 0.460 e. The van der Waals surface area contributed by atoms with Crippen LogP contribution in [0.3, 0.4) is 0 Å². The third kappa shape index (κ3) is 3.30. The normalized spacial score (nSPS) is 13.4. The van der Waals surface area contributed by atoms with Gasteiger partial charge < -0.3 is 4.74 Å². The van der Waals surface area contributed by atoms with Crippen LogP contribution in [0.5, 0.6) is 0 Å². The lowest BCUT2D eigenvalue weighted by Gasteiger charge is -2.27. The first kappa shape index (κ1) is 15.6. The van der Waals surface area contributed by atoms with E-state index in [0.29, 0.717) is 6.92 Å². The second-order valence-electron chi connectivity index (χ2n) is 2.91. The van der Waals surface area contributed by atoms with Gasteiger partial charge in [0.1, 0.15) is 0 Å². The van der Waals surface area contributed by atoms with E-state index in [1.54, 1.807) is 0 Å². The zero-order valence-corrected chi connectivity index (χ0v) is 8.08. The summed E-state index contributed by atoms with van der Waals surface area (Å²) < 4.78 is 87.4. The maximum Gasteiger partial charge on any atom is 0.460 e. The highest BCUT2D eigenvalue weighted by Gasteiger charge is 2.73. The van der Waals surface area contributed by atoms with Crippen LogP contribution in [0.15, 0.2) is 0 Å². The number of alkyl halides is 7. The summed E-state index contributed by atoms with van der Waals surface area (Å²) in [6, 6.07) is 0. The van der Waals surface area contributed by atoms with Gasteiger partial charge in [0.25, 0.3) is 0 Å². The third-order valence-corrected chi connectivity index (χ3v) is 1.49. The van der Waals surface area contributed by atoms with Crippen molar-refractivity contribution < 1.29 is 45.1 Å². The Labute approximate surface area is 89.5 Å². The second kappa shape index (κ2) is 4.49. The lowest BCUT2D eigenvalue weighted by molar-refractivity contribution is -0.359. The Balaban J connectivity index is 4.80. The number of ether oxygens (including phenoxy) is 1. The SMILES string of the molecule is CC(=O)C(=O)OCC(F)(F)C(F)(F)C(F)(F)F. The molecule has 0 atom stereocenters. The lowest BCUT2D eigenvalue weighted by atomic mass is 10.2. The summed E-state index contributed by atoms with van der Waals surface area (Å²) in [7, 11) is 0. The van der Waals surface area contributed by atoms with Gasteiger partial charge in [-0.1, -0.05) is 0 Å². The van der Waals surface area contributed by atoms with Crippen molar-refractivity contribution in [1.82, 2.24) is 0 Å². The van der Waals surface area contributed by atoms with Gasteiger partial charge in [-0.2, -0.15) is 30.7 Å². The van der Waals surface area contributed by atoms with Crippen molar-refractivity contribution in [1.29, 1.82) is 0 Å². The molecule has 10 heteroatoms. The predicted octanol–water partition coefficient (Wildman–Crippen LogP) is 1.95. The van der Waals surface area contributed by atoms with E-state index < -0.39 is 36.4 Å². The number of hydrogen-bond acceptors (Lipinski definition) is 3. The second-order valence-corrected chi connectivity index (χ2v) is 2.91. The Kier molecular flexibility index (Phi) is 4.14. The van der Waals surface area contributed by atoms with Crippen molar-refractivity contribution in [2.45, 2.75) is 24.9 Å². The van der Waals surface area contributed by atoms with E-state index in [0.717, 1.165) is 0 Å². The van der Waals surface area contributed by atoms with Gasteiger partial charge >= 0.3 is 24.0 Å². The van der Waals surface area contributed by atoms with E-state index in [9.17, 15) is 40.3 Å². The summed E-state index contributed by atoms with van der Waals surface area (Å²) >= 11 is 0. The molecule has 0 aliphatic heterocycles. The van der Waals surface area contributed by atoms with Crippen LogP contribution < -0.4 is 0 Å². The molecule has 0 fully saturated rings. The summed E-state index contributed by atoms with van der Waals surface area (Å²) in [5, 5.41) is 0. The summed E-state index contributed by atoms with van der Waals surface area (Å²) in [6.07, 6.45) is -6.50. The maximum atomic E-state index is 12.5. The molecule has 100 valence electrons. The minimum Gasteiger partial charge on any atom is -0.453 e. The topological polar surface area (TPSA) is 43.4 Å². The van der Waals surface area contributed by atoms with Crippen molar-refractivity contribution in [2.75, 3.05) is 6.61 Å². The molecule has 0 aromatic rings. The van der Waals surface area contributed by atoms with E-state index >= 15 is 0 Å². The summed E-state index contributed by atoms with van der Waals surface area (Å²) in [6.45, 7) is -1.97. The summed E-state index contributed by atoms with van der Waals surface area (Å²) in [4.78, 5) is 20.5. The van der Waals surface area contributed by atoms with Gasteiger partial charge in [-0.3, -0.25) is 4.79 Å². The molecule has 17 heavy (non-hydrogen) atoms. The molecule has 0 rings (SSSR count). The van der Waals surface area contributed by atoms with E-state index in [2.05, 4.69) is 4.74 Å². The molecule has 0 spiro atoms. The fourth-order valence-electron chi connectivity index (χ4n) is 0.556. The molecule has 0 radical (unpaired) electrons. The van der Waals surface area contributed by atoms with E-state index in [4.69, 9.17) is 0 Å². The first-order chi connectivity index (χ1) is 7.33. The van der Waals surface area contributed by atoms with Crippen LogP contribution in [0.2, 0.25) is 0 Å². The Bertz CT molecular complexity index is 320. The van der Waals surface area contributed by atoms with Gasteiger partial charge in [-0.05, 0) is 0 Å². The molecule has 0 aliphatic rings. The highest BCUT2D eigenvalue weighted by Crippen LogP contribution is 2.46. The maximum absolute atomic E-state index is 12.5. The van der Waals surface area contributed by atoms with Crippen molar-refractivity contribution in [3.05, 3.63) is 0 Å². The number of ketones is 1. The molecule has 0 saturated heterocycles. The van der Waals surface area contributed by atoms with Crippen LogP contribution in [-0.2, 0) is 14.3 Å². The number of Topliss-reactive ketones (excluding diaryl/α,β-unsaturated/α-hetero) is 1. The Morgan fingerprint density at radius 2 is 1.41 bits per heavy atom. The molecule has 0 heterocycles. The van der Waals surface area contributed by atoms with Crippen molar-refractivity contribution in [2.24, 2.45) is 0 Å². The van der Waals surface area contributed by atoms with Gasteiger partial charge in [-0.25, -0.2) is 4.79 Å². The number of hydrogen-bond donors (Lipinski definition) is 0. The first-order valence-corrected chi connectivity index (χ1v) is 3.83. The average molecular weight is 270 g/mol. The molecule has 0 N–H and O–H groups in total. The molecular weight excluding hydrogens is 265 g/mol. The number of halogens is 7. The van der Waals surface area contributed by atoms with Crippen LogP contribution in [0, 0.1) is 0 Å². The molecule has 0 amide bonds. The van der Waals surface area contributed by atoms with Crippen molar-refractivity contribution >= 4 is 11.8 Å². The smallest absolute Gasteiger partial charge is 0.453 e. The molecule has 3 nitrogen and oxygen atoms in total. The van der Waals surface area contributed by atoms with Crippen LogP contribution in [0.1, 0.15) is 6.92 Å². The predicted molar refractivity (Wildman–Crippen MR) is 37.6 cm³/mol. The minimum atomic E-state index is -6.50. The van der Waals surface area contributed by atoms with Crippen LogP contribution in [0.25, 0.3) is 0 Å². The van der Waals surface area contributed by atoms with Crippen molar-refractivity contribution in [3.63, 3.8) is 0 Å². The van der Waals surface area contributed by atoms with Gasteiger partial charge in [-0.15, -0.1) is 0 Å². The number of rotatable bonds is 4. The number of carbonyl (C=O) groups excluding carboxylic acids is 2. The zero-order chi connectivity index (χ0) is 14.1. The number of carbonyl (C=O) groups is 2. The number of esters is 1. The lowest BCUT2D eigenvalue weighted by Crippen LogP contribution is -2.54. The average Bonchev–Trinajstić information content (AvgIpc) is 2.11. The van der Waals surface area contributed by atoms with Gasteiger partial charge in [0, 0.05) is 6.92 Å². The minimum absolute atomic E-state index is 0.572. The zero-order valence-electron chi connectivity index (χ0n) is 8.08. The molecular formula is C7H5F7O3. The highest BCUT2D eigenvalue weighted by molar-refractivity contribution is 6.32. The Morgan fingerprint density at radius 3 is 1.71 bits per heavy atom. The van der Waals surface area contributed by atoms with Crippen molar-refractivity contribution in [3.8, 4) is 0 Å². The van der Waals surface area contributed by atoms with Gasteiger partial charge in [0.2, 0.25) is 5.78 Å². The third-order valence-electron chi connectivity index (χ3n) is 1.49. The van der Waals surface area contributed by atoms with E-state index in [1.807, 2.05) is 0 Å². The standard InChI is InChI=1S/C7H5F7O3/c1-3(15)4(16)17-2-5(8,9)6(10,11)7(12,13)14/h2H2,1H3. The van der Waals surface area contributed by atoms with Gasteiger partial charge in [0.05, 0.1) is 0 Å². The monoisotopic (exact) mass is 270 g/mol. The van der Waals surface area contributed by atoms with Gasteiger partial charge in [0.15, 0.2) is 6.61 Å². The van der Waals surface area contributed by atoms with Crippen LogP contribution >= 0.6 is 0 Å². The Hall–Kier alpha value is -1.35. The molecule has 0 bridgehead atoms. The van der Waals surface area contributed by atoms with E-state index in [-0.39, 0.29) is 0 Å². The summed E-state index contributed by atoms with van der Waals surface area (Å²) in [5.74, 6) is -15.4. The van der Waals surface area contributed by atoms with Crippen LogP contribution in [-0.4, -0.2) is 36.4 Å². The molecule has 0 aliphatic carbocycles. The molecule has 0 saturated carbocycles.